The van der Waals surface area contributed by atoms with Gasteiger partial charge in [0, 0.05) is 5.02 Å². The van der Waals surface area contributed by atoms with Crippen molar-refractivity contribution in [2.75, 3.05) is 0 Å². The highest BCUT2D eigenvalue weighted by Crippen LogP contribution is 2.48. The number of rotatable bonds is 2. The van der Waals surface area contributed by atoms with E-state index in [1.165, 1.54) is 5.56 Å². The van der Waals surface area contributed by atoms with E-state index in [4.69, 9.17) is 28.1 Å². The Kier molecular flexibility index (Phi) is 3.82. The summed E-state index contributed by atoms with van der Waals surface area (Å²) in [6, 6.07) is 13.8. The van der Waals surface area contributed by atoms with E-state index in [1.54, 1.807) is 11.8 Å². The number of aromatic nitrogens is 2. The molecule has 7 heteroatoms. The summed E-state index contributed by atoms with van der Waals surface area (Å²) in [5, 5.41) is 3.88. The molecule has 2 aromatic carbocycles. The summed E-state index contributed by atoms with van der Waals surface area (Å²) < 4.78 is -0.600. The van der Waals surface area contributed by atoms with Crippen LogP contribution in [-0.2, 0) is 4.75 Å². The summed E-state index contributed by atoms with van der Waals surface area (Å²) in [5.74, 6) is 0.795. The van der Waals surface area contributed by atoms with Crippen LogP contribution in [0.3, 0.4) is 0 Å². The van der Waals surface area contributed by atoms with Gasteiger partial charge in [-0.15, -0.1) is 11.8 Å². The first-order valence-electron chi connectivity index (χ1n) is 7.67. The first kappa shape index (κ1) is 15.9. The zero-order chi connectivity index (χ0) is 16.9. The maximum Gasteiger partial charge on any atom is 0.131 e. The Labute approximate surface area is 149 Å². The number of hydrogen-bond acceptors (Lipinski definition) is 5. The zero-order valence-corrected chi connectivity index (χ0v) is 14.7. The topological polar surface area (TPSA) is 92.8 Å². The van der Waals surface area contributed by atoms with Gasteiger partial charge in [-0.1, -0.05) is 29.8 Å². The number of thioether (sulfide) groups is 1. The molecule has 4 rings (SSSR count). The zero-order valence-electron chi connectivity index (χ0n) is 13.1. The quantitative estimate of drug-likeness (QED) is 0.564. The molecule has 1 aliphatic rings. The Morgan fingerprint density at radius 3 is 2.58 bits per heavy atom. The van der Waals surface area contributed by atoms with Crippen LogP contribution in [0.4, 0.5) is 0 Å². The predicted octanol–water partition coefficient (Wildman–Crippen LogP) is 2.63. The molecule has 5 nitrogen and oxygen atoms in total. The monoisotopic (exact) mass is 359 g/mol. The number of nitrogens with zero attached hydrogens (tertiary/aromatic N) is 1. The second kappa shape index (κ2) is 5.75. The maximum atomic E-state index is 6.45. The third-order valence-electron chi connectivity index (χ3n) is 4.36. The molecule has 0 radical (unpaired) electrons. The van der Waals surface area contributed by atoms with Gasteiger partial charge in [0.05, 0.1) is 17.2 Å². The van der Waals surface area contributed by atoms with E-state index in [0.29, 0.717) is 5.02 Å². The molecule has 6 N–H and O–H groups in total. The molecule has 1 saturated heterocycles. The molecule has 1 aromatic heterocycles. The predicted molar refractivity (Wildman–Crippen MR) is 99.7 cm³/mol. The van der Waals surface area contributed by atoms with Crippen LogP contribution in [-0.4, -0.2) is 21.6 Å². The van der Waals surface area contributed by atoms with Crippen molar-refractivity contribution in [3.63, 3.8) is 0 Å². The van der Waals surface area contributed by atoms with E-state index in [0.717, 1.165) is 22.4 Å². The molecule has 1 fully saturated rings. The number of aryl methyl sites for hydroxylation is 1. The number of imidazole rings is 1. The average Bonchev–Trinajstić information content (AvgIpc) is 3.08. The molecule has 1 aliphatic heterocycles. The summed E-state index contributed by atoms with van der Waals surface area (Å²) in [4.78, 5) is 8.26. The lowest BCUT2D eigenvalue weighted by Crippen LogP contribution is -2.49. The van der Waals surface area contributed by atoms with Gasteiger partial charge in [-0.2, -0.15) is 0 Å². The van der Waals surface area contributed by atoms with Gasteiger partial charge in [0.2, 0.25) is 0 Å². The number of H-pyrrole nitrogens is 1. The number of nitrogens with one attached hydrogen (secondary N) is 2. The van der Waals surface area contributed by atoms with Crippen LogP contribution in [0, 0.1) is 6.92 Å². The first-order valence-corrected chi connectivity index (χ1v) is 8.93. The fourth-order valence-corrected chi connectivity index (χ4v) is 4.61. The molecular weight excluding hydrogens is 342 g/mol. The van der Waals surface area contributed by atoms with Gasteiger partial charge in [-0.3, -0.25) is 5.32 Å². The summed E-state index contributed by atoms with van der Waals surface area (Å²) in [6.45, 7) is 2.05. The molecule has 0 spiro atoms. The number of aromatic amines is 1. The minimum absolute atomic E-state index is 0.273. The second-order valence-electron chi connectivity index (χ2n) is 6.03. The van der Waals surface area contributed by atoms with Gasteiger partial charge in [-0.05, 0) is 42.3 Å². The van der Waals surface area contributed by atoms with Gasteiger partial charge in [0.25, 0.3) is 0 Å². The SMILES string of the molecule is Cc1ccc2[nH]c(C3(c4ccc(Cl)cc4)SC(N)NC3N)nc2c1. The second-order valence-corrected chi connectivity index (χ2v) is 7.86. The molecule has 3 unspecified atom stereocenters. The minimum atomic E-state index is -0.600. The first-order chi connectivity index (χ1) is 11.5. The number of nitrogens with two attached hydrogens (primary N) is 2. The summed E-state index contributed by atoms with van der Waals surface area (Å²) in [6.07, 6.45) is -0.375. The summed E-state index contributed by atoms with van der Waals surface area (Å²) in [7, 11) is 0. The Morgan fingerprint density at radius 1 is 1.17 bits per heavy atom. The number of fused-ring (bicyclic) bond motifs is 1. The van der Waals surface area contributed by atoms with Crippen molar-refractivity contribution < 1.29 is 0 Å². The lowest BCUT2D eigenvalue weighted by Gasteiger charge is -2.30. The van der Waals surface area contributed by atoms with E-state index in [2.05, 4.69) is 29.4 Å². The lowest BCUT2D eigenvalue weighted by atomic mass is 9.94. The number of hydrogen-bond donors (Lipinski definition) is 4. The van der Waals surface area contributed by atoms with Crippen molar-refractivity contribution in [1.29, 1.82) is 0 Å². The van der Waals surface area contributed by atoms with E-state index in [-0.39, 0.29) is 11.7 Å². The Bertz CT molecular complexity index is 894. The third-order valence-corrected chi connectivity index (χ3v) is 6.05. The van der Waals surface area contributed by atoms with Crippen LogP contribution < -0.4 is 16.8 Å². The molecule has 0 amide bonds. The molecule has 124 valence electrons. The number of halogens is 1. The Morgan fingerprint density at radius 2 is 1.92 bits per heavy atom. The van der Waals surface area contributed by atoms with E-state index in [1.807, 2.05) is 30.3 Å². The van der Waals surface area contributed by atoms with Gasteiger partial charge in [0.1, 0.15) is 16.1 Å². The largest absolute Gasteiger partial charge is 0.340 e. The fourth-order valence-electron chi connectivity index (χ4n) is 3.18. The van der Waals surface area contributed by atoms with Crippen molar-refractivity contribution in [2.45, 2.75) is 23.3 Å². The smallest absolute Gasteiger partial charge is 0.131 e. The Balaban J connectivity index is 1.93. The molecule has 3 atom stereocenters. The van der Waals surface area contributed by atoms with Gasteiger partial charge in [0.15, 0.2) is 0 Å². The van der Waals surface area contributed by atoms with Crippen LogP contribution in [0.5, 0.6) is 0 Å². The van der Waals surface area contributed by atoms with E-state index >= 15 is 0 Å². The van der Waals surface area contributed by atoms with Crippen molar-refractivity contribution in [1.82, 2.24) is 15.3 Å². The number of benzene rings is 2. The minimum Gasteiger partial charge on any atom is -0.340 e. The molecular formula is C17H18ClN5S. The molecule has 0 bridgehead atoms. The van der Waals surface area contributed by atoms with E-state index < -0.39 is 4.75 Å². The van der Waals surface area contributed by atoms with Crippen LogP contribution in [0.1, 0.15) is 17.0 Å². The highest BCUT2D eigenvalue weighted by atomic mass is 35.5. The summed E-state index contributed by atoms with van der Waals surface area (Å²) in [5.41, 5.74) is 16.4. The molecule has 0 aliphatic carbocycles. The highest BCUT2D eigenvalue weighted by Gasteiger charge is 2.50. The van der Waals surface area contributed by atoms with Crippen LogP contribution in [0.15, 0.2) is 42.5 Å². The standard InChI is InChI=1S/C17H18ClN5S/c1-9-2-7-12-13(8-9)22-15(21-12)17(14(19)23-16(20)24-17)10-3-5-11(18)6-4-10/h2-8,14,16,23H,19-20H2,1H3,(H,21,22). The fraction of sp³-hybridized carbons (Fsp3) is 0.235. The molecule has 2 heterocycles. The van der Waals surface area contributed by atoms with Crippen LogP contribution in [0.25, 0.3) is 11.0 Å². The molecule has 3 aromatic rings. The Hall–Kier alpha value is -1.57. The van der Waals surface area contributed by atoms with Crippen LogP contribution >= 0.6 is 23.4 Å². The van der Waals surface area contributed by atoms with Crippen molar-refractivity contribution in [2.24, 2.45) is 11.5 Å². The highest BCUT2D eigenvalue weighted by molar-refractivity contribution is 8.01. The van der Waals surface area contributed by atoms with Crippen molar-refractivity contribution >= 4 is 34.4 Å². The van der Waals surface area contributed by atoms with Gasteiger partial charge >= 0.3 is 0 Å². The molecule has 0 saturated carbocycles. The van der Waals surface area contributed by atoms with Gasteiger partial charge in [-0.25, -0.2) is 4.98 Å². The van der Waals surface area contributed by atoms with Crippen molar-refractivity contribution in [3.05, 3.63) is 64.4 Å². The molecule has 24 heavy (non-hydrogen) atoms. The lowest BCUT2D eigenvalue weighted by molar-refractivity contribution is 0.470. The van der Waals surface area contributed by atoms with Gasteiger partial charge < -0.3 is 16.5 Å². The summed E-state index contributed by atoms with van der Waals surface area (Å²) >= 11 is 7.61. The van der Waals surface area contributed by atoms with E-state index in [9.17, 15) is 0 Å². The maximum absolute atomic E-state index is 6.45. The van der Waals surface area contributed by atoms with Crippen LogP contribution in [0.2, 0.25) is 5.02 Å². The average molecular weight is 360 g/mol. The normalized spacial score (nSPS) is 27.0. The third kappa shape index (κ3) is 2.42. The van der Waals surface area contributed by atoms with Crippen molar-refractivity contribution in [3.8, 4) is 0 Å².